The fourth-order valence-corrected chi connectivity index (χ4v) is 14.0. The second-order valence-corrected chi connectivity index (χ2v) is 19.6. The monoisotopic (exact) mass is 704 g/mol. The third kappa shape index (κ3) is 5.51. The second-order valence-electron chi connectivity index (χ2n) is 19.6. The number of nitrogens with zero attached hydrogens (tertiary/aromatic N) is 1. The van der Waals surface area contributed by atoms with E-state index in [1.807, 2.05) is 0 Å². The summed E-state index contributed by atoms with van der Waals surface area (Å²) in [5.74, 6) is 1.35. The van der Waals surface area contributed by atoms with Crippen LogP contribution in [-0.4, -0.2) is 103 Å². The third-order valence-electron chi connectivity index (χ3n) is 16.9. The van der Waals surface area contributed by atoms with Gasteiger partial charge in [-0.2, -0.15) is 0 Å². The van der Waals surface area contributed by atoms with Gasteiger partial charge in [0.2, 0.25) is 0 Å². The Labute approximate surface area is 301 Å². The number of carbonyl (C=O) groups is 1. The van der Waals surface area contributed by atoms with Gasteiger partial charge in [-0.05, 0) is 117 Å². The lowest BCUT2D eigenvalue weighted by Crippen LogP contribution is -2.60. The van der Waals surface area contributed by atoms with Crippen LogP contribution in [0.1, 0.15) is 120 Å². The number of morpholine rings is 1. The van der Waals surface area contributed by atoms with Crippen molar-refractivity contribution in [3.05, 3.63) is 0 Å². The first-order valence-electron chi connectivity index (χ1n) is 20.2. The Balaban J connectivity index is 1.07. The molecule has 13 atom stereocenters. The van der Waals surface area contributed by atoms with Crippen molar-refractivity contribution in [3.8, 4) is 0 Å². The Morgan fingerprint density at radius 1 is 1.04 bits per heavy atom. The molecule has 0 bridgehead atoms. The molecule has 0 aromatic rings. The van der Waals surface area contributed by atoms with Crippen LogP contribution in [0.3, 0.4) is 0 Å². The standard InChI is InChI=1S/C41H69NO8/c1-10-33(44)50-35(37(5,6)45)28(46-9)19-25(2)27-20-31(43)39(8)30-12-11-29-36(3,4)32(49-34-21-42(17-18-48-34)26-22-47-23-26)13-14-40(29)24-41(30,40)16-15-38(27,39)7/h25-32,34-35,43,45H,10-24H2,1-9H3/t25-,27-,28?,29+,30?,31+,32?,34?,35?,38?,39?,40?,41?/m1/s1. The summed E-state index contributed by atoms with van der Waals surface area (Å²) in [6.07, 6.45) is 8.59. The quantitative estimate of drug-likeness (QED) is 0.252. The van der Waals surface area contributed by atoms with E-state index in [0.717, 1.165) is 52.2 Å². The third-order valence-corrected chi connectivity index (χ3v) is 16.9. The highest BCUT2D eigenvalue weighted by atomic mass is 16.7. The summed E-state index contributed by atoms with van der Waals surface area (Å²) in [6, 6.07) is 0.512. The van der Waals surface area contributed by atoms with Crippen LogP contribution in [0.5, 0.6) is 0 Å². The zero-order chi connectivity index (χ0) is 36.1. The highest BCUT2D eigenvalue weighted by Gasteiger charge is 2.83. The van der Waals surface area contributed by atoms with Crippen LogP contribution in [0, 0.1) is 50.7 Å². The van der Waals surface area contributed by atoms with E-state index in [4.69, 9.17) is 23.7 Å². The largest absolute Gasteiger partial charge is 0.457 e. The van der Waals surface area contributed by atoms with Crippen LogP contribution in [0.25, 0.3) is 0 Å². The highest BCUT2D eigenvalue weighted by molar-refractivity contribution is 5.69. The summed E-state index contributed by atoms with van der Waals surface area (Å²) < 4.78 is 30.4. The number of carbonyl (C=O) groups excluding carboxylic acids is 1. The number of ether oxygens (including phenoxy) is 5. The molecule has 0 aromatic carbocycles. The molecule has 2 saturated heterocycles. The summed E-state index contributed by atoms with van der Waals surface area (Å²) in [5.41, 5.74) is -0.677. The molecule has 5 saturated carbocycles. The van der Waals surface area contributed by atoms with Crippen molar-refractivity contribution in [2.75, 3.05) is 40.0 Å². The number of aliphatic hydroxyl groups excluding tert-OH is 1. The van der Waals surface area contributed by atoms with E-state index in [9.17, 15) is 15.0 Å². The molecule has 50 heavy (non-hydrogen) atoms. The lowest BCUT2D eigenvalue weighted by Gasteiger charge is -2.64. The van der Waals surface area contributed by atoms with E-state index in [2.05, 4.69) is 39.5 Å². The zero-order valence-electron chi connectivity index (χ0n) is 32.7. The van der Waals surface area contributed by atoms with Crippen molar-refractivity contribution in [1.82, 2.24) is 4.90 Å². The maximum absolute atomic E-state index is 12.4. The fourth-order valence-electron chi connectivity index (χ4n) is 14.0. The molecule has 286 valence electrons. The van der Waals surface area contributed by atoms with Crippen molar-refractivity contribution >= 4 is 5.97 Å². The van der Waals surface area contributed by atoms with Gasteiger partial charge in [0.25, 0.3) is 0 Å². The Bertz CT molecular complexity index is 1270. The van der Waals surface area contributed by atoms with Gasteiger partial charge in [-0.1, -0.05) is 41.5 Å². The van der Waals surface area contributed by atoms with Gasteiger partial charge in [-0.25, -0.2) is 0 Å². The van der Waals surface area contributed by atoms with Gasteiger partial charge in [-0.3, -0.25) is 9.69 Å². The Kier molecular flexibility index (Phi) is 9.68. The number of esters is 1. The molecular weight excluding hydrogens is 634 g/mol. The topological polar surface area (TPSA) is 107 Å². The molecule has 0 amide bonds. The molecule has 2 N–H and O–H groups in total. The molecule has 2 heterocycles. The van der Waals surface area contributed by atoms with Crippen LogP contribution in [0.2, 0.25) is 0 Å². The first-order chi connectivity index (χ1) is 23.5. The van der Waals surface area contributed by atoms with Gasteiger partial charge in [0.05, 0.1) is 56.3 Å². The molecule has 7 fully saturated rings. The van der Waals surface area contributed by atoms with Crippen molar-refractivity contribution in [1.29, 1.82) is 0 Å². The molecule has 2 aliphatic heterocycles. The van der Waals surface area contributed by atoms with Crippen molar-refractivity contribution in [3.63, 3.8) is 0 Å². The summed E-state index contributed by atoms with van der Waals surface area (Å²) in [5, 5.41) is 23.3. The number of fused-ring (bicyclic) bond motifs is 2. The highest BCUT2D eigenvalue weighted by Crippen LogP contribution is 2.89. The molecular formula is C41H69NO8. The molecule has 7 rings (SSSR count). The van der Waals surface area contributed by atoms with Gasteiger partial charge < -0.3 is 33.9 Å². The van der Waals surface area contributed by atoms with Crippen LogP contribution in [0.15, 0.2) is 0 Å². The second kappa shape index (κ2) is 12.9. The van der Waals surface area contributed by atoms with Gasteiger partial charge >= 0.3 is 5.97 Å². The van der Waals surface area contributed by atoms with Crippen LogP contribution >= 0.6 is 0 Å². The minimum Gasteiger partial charge on any atom is -0.457 e. The van der Waals surface area contributed by atoms with Crippen molar-refractivity contribution in [2.24, 2.45) is 50.7 Å². The number of hydrogen-bond donors (Lipinski definition) is 2. The predicted molar refractivity (Wildman–Crippen MR) is 190 cm³/mol. The van der Waals surface area contributed by atoms with E-state index >= 15 is 0 Å². The molecule has 5 aliphatic carbocycles. The van der Waals surface area contributed by atoms with Gasteiger partial charge in [0.15, 0.2) is 12.4 Å². The van der Waals surface area contributed by atoms with Gasteiger partial charge in [-0.15, -0.1) is 0 Å². The predicted octanol–water partition coefficient (Wildman–Crippen LogP) is 5.97. The smallest absolute Gasteiger partial charge is 0.305 e. The van der Waals surface area contributed by atoms with Crippen LogP contribution < -0.4 is 0 Å². The molecule has 9 nitrogen and oxygen atoms in total. The number of aliphatic hydroxyl groups is 2. The summed E-state index contributed by atoms with van der Waals surface area (Å²) in [7, 11) is 1.66. The number of rotatable bonds is 11. The molecule has 9 unspecified atom stereocenters. The van der Waals surface area contributed by atoms with E-state index in [0.29, 0.717) is 41.0 Å². The fraction of sp³-hybridized carbons (Fsp3) is 0.976. The maximum atomic E-state index is 12.4. The van der Waals surface area contributed by atoms with E-state index < -0.39 is 17.8 Å². The molecule has 2 spiro atoms. The Hall–Kier alpha value is -0.810. The molecule has 0 radical (unpaired) electrons. The van der Waals surface area contributed by atoms with Crippen LogP contribution in [0.4, 0.5) is 0 Å². The SMILES string of the molecule is CCC(=O)OC(C(C[C@@H](C)[C@H]1C[C@H](O)C2(C)C3CC[C@H]4C(C)(C)C(OC5CN(C6COC6)CCO5)CCC45CC35CCC12C)OC)C(C)(C)O. The van der Waals surface area contributed by atoms with Crippen molar-refractivity contribution in [2.45, 2.75) is 162 Å². The normalized spacial score (nSPS) is 46.0. The summed E-state index contributed by atoms with van der Waals surface area (Å²) in [6.45, 7) is 21.6. The van der Waals surface area contributed by atoms with E-state index in [1.54, 1.807) is 27.9 Å². The molecule has 7 aliphatic rings. The Morgan fingerprint density at radius 3 is 2.38 bits per heavy atom. The number of methoxy groups -OCH3 is 1. The van der Waals surface area contributed by atoms with Gasteiger partial charge in [0, 0.05) is 25.5 Å². The van der Waals surface area contributed by atoms with Gasteiger partial charge in [0.1, 0.15) is 0 Å². The first kappa shape index (κ1) is 37.5. The van der Waals surface area contributed by atoms with E-state index in [-0.39, 0.29) is 53.1 Å². The average Bonchev–Trinajstić information content (AvgIpc) is 3.65. The minimum atomic E-state index is -1.23. The van der Waals surface area contributed by atoms with Crippen LogP contribution in [-0.2, 0) is 28.5 Å². The lowest BCUT2D eigenvalue weighted by atomic mass is 9.41. The molecule has 0 aromatic heterocycles. The maximum Gasteiger partial charge on any atom is 0.305 e. The Morgan fingerprint density at radius 2 is 1.74 bits per heavy atom. The zero-order valence-corrected chi connectivity index (χ0v) is 32.7. The summed E-state index contributed by atoms with van der Waals surface area (Å²) >= 11 is 0. The summed E-state index contributed by atoms with van der Waals surface area (Å²) in [4.78, 5) is 14.9. The first-order valence-corrected chi connectivity index (χ1v) is 20.2. The minimum absolute atomic E-state index is 0.00745. The van der Waals surface area contributed by atoms with Crippen molar-refractivity contribution < 1.29 is 38.7 Å². The number of hydrogen-bond acceptors (Lipinski definition) is 9. The average molecular weight is 704 g/mol. The van der Waals surface area contributed by atoms with E-state index in [1.165, 1.54) is 32.1 Å². The molecule has 9 heteroatoms. The lowest BCUT2D eigenvalue weighted by molar-refractivity contribution is -0.256.